The summed E-state index contributed by atoms with van der Waals surface area (Å²) in [6.07, 6.45) is 0.497. The molecule has 0 aliphatic carbocycles. The Morgan fingerprint density at radius 1 is 1.47 bits per heavy atom. The van der Waals surface area contributed by atoms with Gasteiger partial charge in [-0.2, -0.15) is 0 Å². The summed E-state index contributed by atoms with van der Waals surface area (Å²) in [5, 5.41) is 14.2. The fourth-order valence-electron chi connectivity index (χ4n) is 1.51. The fourth-order valence-corrected chi connectivity index (χ4v) is 1.51. The number of nitrogens with zero attached hydrogens (tertiary/aromatic N) is 1. The molecule has 0 bridgehead atoms. The van der Waals surface area contributed by atoms with Gasteiger partial charge in [-0.3, -0.25) is 4.79 Å². The molecule has 0 aliphatic rings. The van der Waals surface area contributed by atoms with Gasteiger partial charge in [-0.1, -0.05) is 42.4 Å². The summed E-state index contributed by atoms with van der Waals surface area (Å²) in [6.45, 7) is 2.25. The van der Waals surface area contributed by atoms with Crippen LogP contribution in [0.25, 0.3) is 0 Å². The number of hydrogen-bond acceptors (Lipinski definition) is 3. The number of hydrogen-bond donors (Lipinski definition) is 3. The fraction of sp³-hybridized carbons (Fsp3) is 0.333. The SMILES string of the molecule is CCC(C(=O)NCc1ccccc1)/C(N)=N/O. The van der Waals surface area contributed by atoms with Crippen molar-refractivity contribution in [3.05, 3.63) is 35.9 Å². The summed E-state index contributed by atoms with van der Waals surface area (Å²) in [6, 6.07) is 9.57. The summed E-state index contributed by atoms with van der Waals surface area (Å²) in [7, 11) is 0. The van der Waals surface area contributed by atoms with Crippen LogP contribution in [-0.2, 0) is 11.3 Å². The molecule has 5 heteroatoms. The lowest BCUT2D eigenvalue weighted by atomic mass is 10.0. The van der Waals surface area contributed by atoms with E-state index in [1.165, 1.54) is 0 Å². The molecule has 17 heavy (non-hydrogen) atoms. The summed E-state index contributed by atoms with van der Waals surface area (Å²) in [5.74, 6) is -0.867. The third-order valence-electron chi connectivity index (χ3n) is 2.51. The van der Waals surface area contributed by atoms with Gasteiger partial charge in [0.25, 0.3) is 0 Å². The minimum Gasteiger partial charge on any atom is -0.409 e. The van der Waals surface area contributed by atoms with Crippen LogP contribution in [0.1, 0.15) is 18.9 Å². The highest BCUT2D eigenvalue weighted by Crippen LogP contribution is 2.04. The third-order valence-corrected chi connectivity index (χ3v) is 2.51. The molecule has 0 aromatic heterocycles. The number of amidine groups is 1. The molecule has 5 nitrogen and oxygen atoms in total. The third kappa shape index (κ3) is 3.79. The van der Waals surface area contributed by atoms with E-state index in [1.807, 2.05) is 37.3 Å². The van der Waals surface area contributed by atoms with Crippen LogP contribution in [0.15, 0.2) is 35.5 Å². The zero-order chi connectivity index (χ0) is 12.7. The number of carbonyl (C=O) groups is 1. The van der Waals surface area contributed by atoms with Gasteiger partial charge in [-0.15, -0.1) is 0 Å². The minimum atomic E-state index is -0.580. The highest BCUT2D eigenvalue weighted by atomic mass is 16.4. The standard InChI is InChI=1S/C12H17N3O2/c1-2-10(11(13)15-17)12(16)14-8-9-6-4-3-5-7-9/h3-7,10,17H,2,8H2,1H3,(H2,13,15)(H,14,16). The number of oxime groups is 1. The zero-order valence-corrected chi connectivity index (χ0v) is 9.76. The molecule has 1 atom stereocenters. The Hall–Kier alpha value is -2.04. The summed E-state index contributed by atoms with van der Waals surface area (Å²) in [4.78, 5) is 11.8. The lowest BCUT2D eigenvalue weighted by molar-refractivity contribution is -0.123. The van der Waals surface area contributed by atoms with E-state index in [0.717, 1.165) is 5.56 Å². The van der Waals surface area contributed by atoms with E-state index in [1.54, 1.807) is 0 Å². The maximum absolute atomic E-state index is 11.8. The quantitative estimate of drug-likeness (QED) is 0.309. The molecule has 1 aromatic rings. The Morgan fingerprint density at radius 3 is 2.65 bits per heavy atom. The molecule has 4 N–H and O–H groups in total. The Balaban J connectivity index is 2.54. The maximum atomic E-state index is 11.8. The van der Waals surface area contributed by atoms with Crippen molar-refractivity contribution >= 4 is 11.7 Å². The van der Waals surface area contributed by atoms with E-state index in [0.29, 0.717) is 13.0 Å². The molecule has 0 heterocycles. The van der Waals surface area contributed by atoms with E-state index in [4.69, 9.17) is 10.9 Å². The molecular weight excluding hydrogens is 218 g/mol. The van der Waals surface area contributed by atoms with Crippen LogP contribution in [0.2, 0.25) is 0 Å². The largest absolute Gasteiger partial charge is 0.409 e. The van der Waals surface area contributed by atoms with Crippen LogP contribution in [0.3, 0.4) is 0 Å². The molecule has 1 aromatic carbocycles. The number of nitrogens with one attached hydrogen (secondary N) is 1. The Bertz CT molecular complexity index is 390. The first kappa shape index (κ1) is 13.0. The van der Waals surface area contributed by atoms with E-state index in [-0.39, 0.29) is 11.7 Å². The van der Waals surface area contributed by atoms with Crippen LogP contribution in [-0.4, -0.2) is 17.0 Å². The highest BCUT2D eigenvalue weighted by molar-refractivity contribution is 6.01. The lowest BCUT2D eigenvalue weighted by Gasteiger charge is -2.13. The van der Waals surface area contributed by atoms with Crippen LogP contribution in [0, 0.1) is 5.92 Å². The average molecular weight is 235 g/mol. The van der Waals surface area contributed by atoms with Gasteiger partial charge in [0.1, 0.15) is 0 Å². The van der Waals surface area contributed by atoms with Crippen LogP contribution in [0.4, 0.5) is 0 Å². The monoisotopic (exact) mass is 235 g/mol. The Morgan fingerprint density at radius 2 is 2.12 bits per heavy atom. The van der Waals surface area contributed by atoms with Crippen molar-refractivity contribution < 1.29 is 10.0 Å². The molecule has 92 valence electrons. The molecule has 1 amide bonds. The van der Waals surface area contributed by atoms with Crippen LogP contribution < -0.4 is 11.1 Å². The summed E-state index contributed by atoms with van der Waals surface area (Å²) in [5.41, 5.74) is 6.45. The molecule has 0 fully saturated rings. The van der Waals surface area contributed by atoms with Gasteiger partial charge < -0.3 is 16.3 Å². The Labute approximate surface area is 100 Å². The second-order valence-electron chi connectivity index (χ2n) is 3.69. The molecule has 0 saturated heterocycles. The summed E-state index contributed by atoms with van der Waals surface area (Å²) >= 11 is 0. The van der Waals surface area contributed by atoms with Crippen molar-refractivity contribution in [2.45, 2.75) is 19.9 Å². The van der Waals surface area contributed by atoms with Gasteiger partial charge in [0.05, 0.1) is 5.92 Å². The minimum absolute atomic E-state index is 0.0574. The molecule has 0 saturated carbocycles. The topological polar surface area (TPSA) is 87.7 Å². The zero-order valence-electron chi connectivity index (χ0n) is 9.76. The molecule has 0 spiro atoms. The number of rotatable bonds is 5. The van der Waals surface area contributed by atoms with Crippen molar-refractivity contribution in [2.24, 2.45) is 16.8 Å². The van der Waals surface area contributed by atoms with Crippen molar-refractivity contribution in [1.82, 2.24) is 5.32 Å². The number of benzene rings is 1. The van der Waals surface area contributed by atoms with E-state index < -0.39 is 5.92 Å². The first-order chi connectivity index (χ1) is 8.19. The van der Waals surface area contributed by atoms with Gasteiger partial charge >= 0.3 is 0 Å². The predicted octanol–water partition coefficient (Wildman–Crippen LogP) is 1.08. The number of nitrogens with two attached hydrogens (primary N) is 1. The van der Waals surface area contributed by atoms with Crippen LogP contribution in [0.5, 0.6) is 0 Å². The molecular formula is C12H17N3O2. The van der Waals surface area contributed by atoms with Gasteiger partial charge in [0.15, 0.2) is 5.84 Å². The van der Waals surface area contributed by atoms with Crippen molar-refractivity contribution in [3.63, 3.8) is 0 Å². The van der Waals surface area contributed by atoms with Gasteiger partial charge in [-0.05, 0) is 12.0 Å². The lowest BCUT2D eigenvalue weighted by Crippen LogP contribution is -2.38. The van der Waals surface area contributed by atoms with E-state index in [9.17, 15) is 4.79 Å². The number of carbonyl (C=O) groups excluding carboxylic acids is 1. The van der Waals surface area contributed by atoms with Crippen LogP contribution >= 0.6 is 0 Å². The first-order valence-corrected chi connectivity index (χ1v) is 5.48. The Kier molecular flexibility index (Phi) is 5.00. The molecule has 1 rings (SSSR count). The van der Waals surface area contributed by atoms with Gasteiger partial charge in [0, 0.05) is 6.54 Å². The second-order valence-corrected chi connectivity index (χ2v) is 3.69. The van der Waals surface area contributed by atoms with Gasteiger partial charge in [-0.25, -0.2) is 0 Å². The molecule has 0 radical (unpaired) electrons. The van der Waals surface area contributed by atoms with Crippen molar-refractivity contribution in [3.8, 4) is 0 Å². The van der Waals surface area contributed by atoms with Crippen molar-refractivity contribution in [2.75, 3.05) is 0 Å². The summed E-state index contributed by atoms with van der Waals surface area (Å²) < 4.78 is 0. The first-order valence-electron chi connectivity index (χ1n) is 5.48. The highest BCUT2D eigenvalue weighted by Gasteiger charge is 2.20. The van der Waals surface area contributed by atoms with E-state index in [2.05, 4.69) is 10.5 Å². The predicted molar refractivity (Wildman–Crippen MR) is 65.5 cm³/mol. The smallest absolute Gasteiger partial charge is 0.231 e. The molecule has 0 aliphatic heterocycles. The van der Waals surface area contributed by atoms with E-state index >= 15 is 0 Å². The van der Waals surface area contributed by atoms with Gasteiger partial charge in [0.2, 0.25) is 5.91 Å². The normalized spacial score (nSPS) is 13.1. The second kappa shape index (κ2) is 6.52. The molecule has 1 unspecified atom stereocenters. The average Bonchev–Trinajstić information content (AvgIpc) is 2.38. The van der Waals surface area contributed by atoms with Crippen molar-refractivity contribution in [1.29, 1.82) is 0 Å². The number of amides is 1. The maximum Gasteiger partial charge on any atom is 0.231 e.